The number of ketones is 1. The van der Waals surface area contributed by atoms with Crippen LogP contribution in [0.1, 0.15) is 159 Å². The van der Waals surface area contributed by atoms with E-state index in [1.807, 2.05) is 27.0 Å². The van der Waals surface area contributed by atoms with Gasteiger partial charge in [0, 0.05) is 50.4 Å². The van der Waals surface area contributed by atoms with E-state index in [0.717, 1.165) is 56.4 Å². The van der Waals surface area contributed by atoms with Crippen LogP contribution in [0.25, 0.3) is 44.1 Å². The second-order valence-electron chi connectivity index (χ2n) is 18.7. The molecule has 1 unspecified atom stereocenters. The van der Waals surface area contributed by atoms with Crippen LogP contribution in [-0.4, -0.2) is 27.0 Å². The smallest absolute Gasteiger partial charge is 0.389 e. The van der Waals surface area contributed by atoms with Gasteiger partial charge in [0.2, 0.25) is 0 Å². The number of hydrogen-bond acceptors (Lipinski definition) is 4. The first-order chi connectivity index (χ1) is 32.5. The second-order valence-corrected chi connectivity index (χ2v) is 18.7. The van der Waals surface area contributed by atoms with Gasteiger partial charge in [-0.2, -0.15) is 13.2 Å². The van der Waals surface area contributed by atoms with Gasteiger partial charge in [-0.25, -0.2) is 0 Å². The fourth-order valence-corrected chi connectivity index (χ4v) is 9.93. The minimum Gasteiger partial charge on any atom is -0.512 e. The molecule has 2 aromatic heterocycles. The molecule has 0 bridgehead atoms. The Morgan fingerprint density at radius 3 is 1.66 bits per heavy atom. The van der Waals surface area contributed by atoms with E-state index in [4.69, 9.17) is 2.74 Å². The number of aliphatic hydroxyl groups excluding tert-OH is 1. The summed E-state index contributed by atoms with van der Waals surface area (Å²) in [5.41, 5.74) is 11.3. The number of aliphatic hydroxyl groups is 1. The third kappa shape index (κ3) is 14.9. The maximum absolute atomic E-state index is 12.3. The molecule has 2 aliphatic carbocycles. The number of hydrogen-bond donors (Lipinski definition) is 1. The van der Waals surface area contributed by atoms with Crippen LogP contribution in [0.5, 0.6) is 0 Å². The molecule has 0 aliphatic heterocycles. The van der Waals surface area contributed by atoms with Gasteiger partial charge < -0.3 is 15.1 Å². The number of aromatic nitrogens is 2. The Bertz CT molecular complexity index is 2660. The molecule has 0 amide bonds. The van der Waals surface area contributed by atoms with Crippen molar-refractivity contribution in [1.82, 2.24) is 9.97 Å². The number of nitrogens with zero attached hydrogens (tertiary/aromatic N) is 2. The average molecular weight is 1090 g/mol. The fourth-order valence-electron chi connectivity index (χ4n) is 9.93. The first kappa shape index (κ1) is 50.2. The van der Waals surface area contributed by atoms with Crippen LogP contribution in [0, 0.1) is 51.7 Å². The van der Waals surface area contributed by atoms with Crippen molar-refractivity contribution < 1.29 is 45.9 Å². The molecule has 2 saturated carbocycles. The standard InChI is InChI=1S/2C23H24N.C13H21F3O2.Ir/c2*1-16-12-17(2)14-21(13-16)23-22-9-8-19(15-20(22)10-11-24-23)18-6-4-3-5-7-18;1-4-9(5-2)11(17)7-12(18)10(6-3)8-13(14,15)16;/h2*8-13,15,18H,3-7H2,1-2H3;7,9-10,18H,4-6,8H2,1-3H3;/q2*-1;;/b;;12-7-;/i10D,11D;;;. The normalized spacial score (nSPS) is 15.7. The first-order valence-corrected chi connectivity index (χ1v) is 24.3. The molecular weight excluding hydrogens is 1020 g/mol. The Labute approximate surface area is 414 Å². The topological polar surface area (TPSA) is 63.1 Å². The second kappa shape index (κ2) is 25.1. The number of alkyl halides is 3. The third-order valence-corrected chi connectivity index (χ3v) is 13.5. The molecule has 1 N–H and O–H groups in total. The molecule has 8 rings (SSSR count). The van der Waals surface area contributed by atoms with Crippen molar-refractivity contribution >= 4 is 27.3 Å². The molecule has 1 radical (unpaired) electrons. The number of carbonyl (C=O) groups is 1. The zero-order valence-electron chi connectivity index (χ0n) is 42.4. The van der Waals surface area contributed by atoms with Crippen molar-refractivity contribution in [2.24, 2.45) is 11.8 Å². The number of rotatable bonds is 11. The van der Waals surface area contributed by atoms with E-state index in [2.05, 4.69) is 110 Å². The fraction of sp³-hybridized carbons (Fsp3) is 0.441. The van der Waals surface area contributed by atoms with Crippen LogP contribution in [0.15, 0.2) is 97.0 Å². The molecular formula is C59H69F3IrN2O2-2. The van der Waals surface area contributed by atoms with Crippen molar-refractivity contribution in [3.8, 4) is 22.5 Å². The SMILES string of the molecule is CCC(CC)C(=O)/C=C(\O)C(CC)CC(F)(F)F.Cc1[c-]c(-c2nccc3cc(C4CCCCC4)ccc23)cc(C)c1.[2H]c1nc(-c2[c-]c(C)cc(C)c2)c2ccc(C3CCCCC3)cc2c1[2H].[Ir]. The van der Waals surface area contributed by atoms with E-state index in [-0.39, 0.29) is 50.4 Å². The van der Waals surface area contributed by atoms with Crippen molar-refractivity contribution in [1.29, 1.82) is 0 Å². The van der Waals surface area contributed by atoms with E-state index in [9.17, 15) is 23.1 Å². The molecule has 4 nitrogen and oxygen atoms in total. The predicted molar refractivity (Wildman–Crippen MR) is 267 cm³/mol. The molecule has 4 aromatic carbocycles. The zero-order chi connectivity index (χ0) is 49.1. The Hall–Kier alpha value is -4.65. The van der Waals surface area contributed by atoms with E-state index >= 15 is 0 Å². The molecule has 67 heavy (non-hydrogen) atoms. The summed E-state index contributed by atoms with van der Waals surface area (Å²) in [6.45, 7) is 13.6. The van der Waals surface area contributed by atoms with Gasteiger partial charge in [0.05, 0.1) is 14.9 Å². The summed E-state index contributed by atoms with van der Waals surface area (Å²) in [6, 6.07) is 31.1. The molecule has 1 atom stereocenters. The number of allylic oxidation sites excluding steroid dienone is 2. The van der Waals surface area contributed by atoms with E-state index in [0.29, 0.717) is 18.8 Å². The van der Waals surface area contributed by atoms with E-state index in [1.54, 1.807) is 6.92 Å². The Morgan fingerprint density at radius 1 is 0.701 bits per heavy atom. The van der Waals surface area contributed by atoms with Gasteiger partial charge in [-0.15, -0.1) is 69.8 Å². The number of benzene rings is 4. The van der Waals surface area contributed by atoms with Gasteiger partial charge in [0.1, 0.15) is 0 Å². The molecule has 359 valence electrons. The zero-order valence-corrected chi connectivity index (χ0v) is 42.8. The molecule has 2 heterocycles. The van der Waals surface area contributed by atoms with Crippen molar-refractivity contribution in [2.75, 3.05) is 0 Å². The third-order valence-electron chi connectivity index (χ3n) is 13.5. The van der Waals surface area contributed by atoms with Crippen LogP contribution >= 0.6 is 0 Å². The first-order valence-electron chi connectivity index (χ1n) is 25.3. The van der Waals surface area contributed by atoms with E-state index in [1.165, 1.54) is 97.2 Å². The van der Waals surface area contributed by atoms with Gasteiger partial charge in [-0.05, 0) is 113 Å². The van der Waals surface area contributed by atoms with Crippen molar-refractivity contribution in [3.63, 3.8) is 0 Å². The summed E-state index contributed by atoms with van der Waals surface area (Å²) in [5, 5.41) is 14.0. The molecule has 0 saturated heterocycles. The number of halogens is 3. The van der Waals surface area contributed by atoms with Crippen molar-refractivity contribution in [3.05, 3.63) is 142 Å². The number of pyridine rings is 2. The van der Waals surface area contributed by atoms with Crippen molar-refractivity contribution in [2.45, 2.75) is 156 Å². The average Bonchev–Trinajstić information content (AvgIpc) is 3.32. The predicted octanol–water partition coefficient (Wildman–Crippen LogP) is 17.1. The number of carbonyl (C=O) groups excluding carboxylic acids is 1. The molecule has 8 heteroatoms. The summed E-state index contributed by atoms with van der Waals surface area (Å²) >= 11 is 0. The summed E-state index contributed by atoms with van der Waals surface area (Å²) < 4.78 is 53.4. The summed E-state index contributed by atoms with van der Waals surface area (Å²) in [5.74, 6) is -0.664. The maximum Gasteiger partial charge on any atom is 0.389 e. The molecule has 6 aromatic rings. The van der Waals surface area contributed by atoms with Gasteiger partial charge in [-0.1, -0.05) is 123 Å². The van der Waals surface area contributed by atoms with Gasteiger partial charge >= 0.3 is 6.18 Å². The summed E-state index contributed by atoms with van der Waals surface area (Å²) in [6.07, 6.45) is 12.1. The molecule has 0 spiro atoms. The Kier molecular flexibility index (Phi) is 18.8. The Morgan fingerprint density at radius 2 is 1.18 bits per heavy atom. The quantitative estimate of drug-likeness (QED) is 0.0798. The maximum atomic E-state index is 12.3. The Balaban J connectivity index is 0.000000196. The van der Waals surface area contributed by atoms with Crippen LogP contribution < -0.4 is 0 Å². The van der Waals surface area contributed by atoms with Crippen LogP contribution in [-0.2, 0) is 24.9 Å². The van der Waals surface area contributed by atoms with Crippen LogP contribution in [0.2, 0.25) is 0 Å². The molecule has 2 aliphatic rings. The summed E-state index contributed by atoms with van der Waals surface area (Å²) in [4.78, 5) is 20.8. The van der Waals surface area contributed by atoms with Crippen LogP contribution in [0.3, 0.4) is 0 Å². The van der Waals surface area contributed by atoms with Gasteiger partial charge in [-0.3, -0.25) is 4.79 Å². The largest absolute Gasteiger partial charge is 0.512 e. The van der Waals surface area contributed by atoms with E-state index < -0.39 is 24.3 Å². The minimum atomic E-state index is -4.33. The number of fused-ring (bicyclic) bond motifs is 2. The molecule has 2 fully saturated rings. The van der Waals surface area contributed by atoms with Gasteiger partial charge in [0.25, 0.3) is 0 Å². The summed E-state index contributed by atoms with van der Waals surface area (Å²) in [7, 11) is 0. The minimum absolute atomic E-state index is 0. The van der Waals surface area contributed by atoms with Gasteiger partial charge in [0.15, 0.2) is 5.78 Å². The monoisotopic (exact) mass is 1090 g/mol. The van der Waals surface area contributed by atoms with Crippen LogP contribution in [0.4, 0.5) is 13.2 Å². The number of aryl methyl sites for hydroxylation is 4.